The summed E-state index contributed by atoms with van der Waals surface area (Å²) in [4.78, 5) is 14.9. The second-order valence-electron chi connectivity index (χ2n) is 5.07. The number of fused-ring (bicyclic) bond motifs is 1. The summed E-state index contributed by atoms with van der Waals surface area (Å²) >= 11 is 0. The third-order valence-corrected chi connectivity index (χ3v) is 5.53. The maximum absolute atomic E-state index is 12.1. The molecule has 7 heteroatoms. The van der Waals surface area contributed by atoms with E-state index in [1.54, 1.807) is 23.8 Å². The molecule has 1 aliphatic rings. The fraction of sp³-hybridized carbons (Fsp3) is 0.462. The maximum Gasteiger partial charge on any atom is 0.326 e. The molecule has 0 atom stereocenters. The molecule has 3 rings (SSSR count). The number of nitrogens with zero attached hydrogens (tertiary/aromatic N) is 1. The highest BCUT2D eigenvalue weighted by Gasteiger charge is 2.26. The molecule has 0 radical (unpaired) electrons. The summed E-state index contributed by atoms with van der Waals surface area (Å²) in [6.45, 7) is 0. The number of aromatic amines is 1. The van der Waals surface area contributed by atoms with Gasteiger partial charge in [0.1, 0.15) is 15.6 Å². The van der Waals surface area contributed by atoms with Crippen molar-refractivity contribution in [2.24, 2.45) is 0 Å². The minimum absolute atomic E-state index is 0.0619. The van der Waals surface area contributed by atoms with Gasteiger partial charge in [-0.3, -0.25) is 4.57 Å². The van der Waals surface area contributed by atoms with Crippen LogP contribution in [0.25, 0.3) is 11.0 Å². The first-order valence-electron chi connectivity index (χ1n) is 6.49. The van der Waals surface area contributed by atoms with E-state index in [1.807, 2.05) is 6.07 Å². The number of rotatable bonds is 2. The van der Waals surface area contributed by atoms with Gasteiger partial charge in [-0.15, -0.1) is 0 Å². The normalized spacial score (nSPS) is 19.2. The van der Waals surface area contributed by atoms with E-state index in [0.717, 1.165) is 5.52 Å². The molecule has 1 saturated heterocycles. The maximum atomic E-state index is 12.1. The monoisotopic (exact) mass is 296 g/mol. The third kappa shape index (κ3) is 2.22. The summed E-state index contributed by atoms with van der Waals surface area (Å²) in [5.74, 6) is 0.969. The zero-order valence-corrected chi connectivity index (χ0v) is 11.9. The van der Waals surface area contributed by atoms with Crippen molar-refractivity contribution in [3.63, 3.8) is 0 Å². The van der Waals surface area contributed by atoms with Crippen molar-refractivity contribution < 1.29 is 13.2 Å². The highest BCUT2D eigenvalue weighted by atomic mass is 32.2. The van der Waals surface area contributed by atoms with E-state index < -0.39 is 9.84 Å². The molecule has 1 aromatic heterocycles. The summed E-state index contributed by atoms with van der Waals surface area (Å²) in [7, 11) is -1.36. The molecule has 0 saturated carbocycles. The lowest BCUT2D eigenvalue weighted by Gasteiger charge is -2.23. The average molecular weight is 296 g/mol. The smallest absolute Gasteiger partial charge is 0.326 e. The molecule has 1 fully saturated rings. The van der Waals surface area contributed by atoms with Crippen molar-refractivity contribution in [1.29, 1.82) is 0 Å². The summed E-state index contributed by atoms with van der Waals surface area (Å²) in [6, 6.07) is 5.33. The molecule has 2 aromatic rings. The molecule has 0 unspecified atom stereocenters. The first kappa shape index (κ1) is 13.2. The molecule has 6 nitrogen and oxygen atoms in total. The summed E-state index contributed by atoms with van der Waals surface area (Å²) in [5, 5.41) is 0. The van der Waals surface area contributed by atoms with Crippen molar-refractivity contribution in [2.45, 2.75) is 18.9 Å². The van der Waals surface area contributed by atoms with E-state index in [-0.39, 0.29) is 23.2 Å². The van der Waals surface area contributed by atoms with Gasteiger partial charge < -0.3 is 9.72 Å². The molecule has 0 bridgehead atoms. The van der Waals surface area contributed by atoms with Crippen LogP contribution < -0.4 is 10.4 Å². The summed E-state index contributed by atoms with van der Waals surface area (Å²) < 4.78 is 29.8. The predicted molar refractivity (Wildman–Crippen MR) is 76.0 cm³/mol. The van der Waals surface area contributed by atoms with Gasteiger partial charge in [0.25, 0.3) is 0 Å². The van der Waals surface area contributed by atoms with Crippen molar-refractivity contribution in [3.05, 3.63) is 28.7 Å². The minimum atomic E-state index is -2.93. The Morgan fingerprint density at radius 3 is 2.65 bits per heavy atom. The summed E-state index contributed by atoms with van der Waals surface area (Å²) in [5.41, 5.74) is 1.31. The van der Waals surface area contributed by atoms with Crippen LogP contribution in [0.5, 0.6) is 5.75 Å². The number of benzene rings is 1. The van der Waals surface area contributed by atoms with Crippen molar-refractivity contribution >= 4 is 20.9 Å². The van der Waals surface area contributed by atoms with E-state index in [9.17, 15) is 13.2 Å². The number of hydrogen-bond donors (Lipinski definition) is 1. The Bertz CT molecular complexity index is 789. The Hall–Kier alpha value is -1.76. The highest BCUT2D eigenvalue weighted by Crippen LogP contribution is 2.27. The fourth-order valence-electron chi connectivity index (χ4n) is 2.74. The molecule has 0 aliphatic carbocycles. The third-order valence-electron chi connectivity index (χ3n) is 3.81. The van der Waals surface area contributed by atoms with Gasteiger partial charge in [0.15, 0.2) is 0 Å². The quantitative estimate of drug-likeness (QED) is 0.899. The van der Waals surface area contributed by atoms with Crippen molar-refractivity contribution in [3.8, 4) is 5.75 Å². The van der Waals surface area contributed by atoms with E-state index in [1.165, 1.54) is 0 Å². The van der Waals surface area contributed by atoms with Crippen LogP contribution in [0.4, 0.5) is 0 Å². The molecule has 1 aromatic carbocycles. The molecular formula is C13H16N2O4S. The van der Waals surface area contributed by atoms with Crippen LogP contribution in [0.2, 0.25) is 0 Å². The van der Waals surface area contributed by atoms with Crippen LogP contribution in [0, 0.1) is 0 Å². The Morgan fingerprint density at radius 2 is 2.00 bits per heavy atom. The van der Waals surface area contributed by atoms with Crippen LogP contribution >= 0.6 is 0 Å². The van der Waals surface area contributed by atoms with E-state index >= 15 is 0 Å². The fourth-order valence-corrected chi connectivity index (χ4v) is 4.20. The van der Waals surface area contributed by atoms with Gasteiger partial charge in [0.2, 0.25) is 0 Å². The number of H-pyrrole nitrogens is 1. The van der Waals surface area contributed by atoms with Crippen molar-refractivity contribution in [2.75, 3.05) is 18.6 Å². The van der Waals surface area contributed by atoms with Gasteiger partial charge in [-0.05, 0) is 25.0 Å². The van der Waals surface area contributed by atoms with E-state index in [0.29, 0.717) is 24.1 Å². The van der Waals surface area contributed by atoms with Gasteiger partial charge in [-0.1, -0.05) is 0 Å². The van der Waals surface area contributed by atoms with Gasteiger partial charge in [0, 0.05) is 12.1 Å². The number of sulfone groups is 1. The minimum Gasteiger partial charge on any atom is -0.497 e. The lowest BCUT2D eigenvalue weighted by molar-refractivity contribution is 0.415. The lowest BCUT2D eigenvalue weighted by atomic mass is 10.1. The number of hydrogen-bond acceptors (Lipinski definition) is 4. The van der Waals surface area contributed by atoms with Crippen molar-refractivity contribution in [1.82, 2.24) is 9.55 Å². The molecule has 1 N–H and O–H groups in total. The average Bonchev–Trinajstić information content (AvgIpc) is 2.74. The number of nitrogens with one attached hydrogen (secondary N) is 1. The zero-order chi connectivity index (χ0) is 14.3. The van der Waals surface area contributed by atoms with Crippen LogP contribution in [-0.2, 0) is 9.84 Å². The number of imidazole rings is 1. The Kier molecular flexibility index (Phi) is 3.08. The van der Waals surface area contributed by atoms with Crippen LogP contribution in [0.1, 0.15) is 18.9 Å². The SMILES string of the molecule is COc1ccc2c(c1)[nH]c(=O)n2C1CCS(=O)(=O)CC1. The number of methoxy groups -OCH3 is 1. The van der Waals surface area contributed by atoms with Crippen LogP contribution in [0.3, 0.4) is 0 Å². The molecule has 0 amide bonds. The first-order chi connectivity index (χ1) is 9.50. The second-order valence-corrected chi connectivity index (χ2v) is 7.37. The largest absolute Gasteiger partial charge is 0.497 e. The first-order valence-corrected chi connectivity index (χ1v) is 8.31. The van der Waals surface area contributed by atoms with E-state index in [2.05, 4.69) is 4.98 Å². The second kappa shape index (κ2) is 4.66. The molecule has 1 aliphatic heterocycles. The van der Waals surface area contributed by atoms with Crippen LogP contribution in [0.15, 0.2) is 23.0 Å². The standard InChI is InChI=1S/C13H16N2O4S/c1-19-10-2-3-12-11(8-10)14-13(16)15(12)9-4-6-20(17,18)7-5-9/h2-3,8-9H,4-7H2,1H3,(H,14,16). The van der Waals surface area contributed by atoms with E-state index in [4.69, 9.17) is 4.74 Å². The summed E-state index contributed by atoms with van der Waals surface area (Å²) in [6.07, 6.45) is 0.975. The Balaban J connectivity index is 2.04. The van der Waals surface area contributed by atoms with Gasteiger partial charge in [0.05, 0.1) is 29.6 Å². The van der Waals surface area contributed by atoms with Gasteiger partial charge in [-0.2, -0.15) is 0 Å². The number of aromatic nitrogens is 2. The predicted octanol–water partition coefficient (Wildman–Crippen LogP) is 1.09. The topological polar surface area (TPSA) is 81.2 Å². The van der Waals surface area contributed by atoms with Gasteiger partial charge in [-0.25, -0.2) is 13.2 Å². The molecule has 108 valence electrons. The highest BCUT2D eigenvalue weighted by molar-refractivity contribution is 7.91. The van der Waals surface area contributed by atoms with Gasteiger partial charge >= 0.3 is 5.69 Å². The zero-order valence-electron chi connectivity index (χ0n) is 11.1. The Morgan fingerprint density at radius 1 is 1.30 bits per heavy atom. The molecule has 2 heterocycles. The Labute approximate surface area is 116 Å². The molecule has 0 spiro atoms. The number of ether oxygens (including phenoxy) is 1. The molecule has 20 heavy (non-hydrogen) atoms. The lowest BCUT2D eigenvalue weighted by Crippen LogP contribution is -2.30. The van der Waals surface area contributed by atoms with Crippen LogP contribution in [-0.4, -0.2) is 36.6 Å². The molecular weight excluding hydrogens is 280 g/mol.